The van der Waals surface area contributed by atoms with Gasteiger partial charge in [0.15, 0.2) is 0 Å². The van der Waals surface area contributed by atoms with E-state index in [1.54, 1.807) is 12.1 Å². The van der Waals surface area contributed by atoms with E-state index in [0.717, 1.165) is 37.8 Å². The third-order valence-corrected chi connectivity index (χ3v) is 6.55. The van der Waals surface area contributed by atoms with Gasteiger partial charge in [0.1, 0.15) is 5.82 Å². The first-order valence-electron chi connectivity index (χ1n) is 9.27. The Bertz CT molecular complexity index is 635. The first-order chi connectivity index (χ1) is 12.1. The summed E-state index contributed by atoms with van der Waals surface area (Å²) in [7, 11) is 1.44. The number of halogens is 2. The van der Waals surface area contributed by atoms with Gasteiger partial charge in [0.05, 0.1) is 19.7 Å². The average Bonchev–Trinajstić information content (AvgIpc) is 3.32. The van der Waals surface area contributed by atoms with Crippen LogP contribution in [-0.4, -0.2) is 43.3 Å². The zero-order valence-corrected chi connectivity index (χ0v) is 14.5. The maximum atomic E-state index is 13.3. The summed E-state index contributed by atoms with van der Waals surface area (Å²) in [4.78, 5) is 15.0. The van der Waals surface area contributed by atoms with Crippen LogP contribution in [0.25, 0.3) is 0 Å². The number of piperidine rings is 1. The lowest BCUT2D eigenvalue weighted by atomic mass is 9.76. The molecule has 2 bridgehead atoms. The molecule has 1 aliphatic carbocycles. The van der Waals surface area contributed by atoms with Crippen LogP contribution >= 0.6 is 0 Å². The molecule has 0 spiro atoms. The van der Waals surface area contributed by atoms with Crippen molar-refractivity contribution in [2.24, 2.45) is 17.8 Å². The van der Waals surface area contributed by atoms with Gasteiger partial charge < -0.3 is 4.74 Å². The maximum absolute atomic E-state index is 13.3. The molecule has 6 atom stereocenters. The number of nitrogens with zero attached hydrogens (tertiary/aromatic N) is 1. The second-order valence-corrected chi connectivity index (χ2v) is 7.85. The van der Waals surface area contributed by atoms with Gasteiger partial charge in [0.2, 0.25) is 0 Å². The van der Waals surface area contributed by atoms with Gasteiger partial charge >= 0.3 is 5.97 Å². The SMILES string of the molecule is COC(=O)[C@H]1[C@@H](c2ccc(F)cc2)C[C@@H]2CC[C@H]1N2C[C@H]1C[C@@H]1CF. The largest absolute Gasteiger partial charge is 0.469 e. The highest BCUT2D eigenvalue weighted by atomic mass is 19.1. The van der Waals surface area contributed by atoms with Gasteiger partial charge in [-0.05, 0) is 55.2 Å². The van der Waals surface area contributed by atoms with Crippen molar-refractivity contribution < 1.29 is 18.3 Å². The van der Waals surface area contributed by atoms with Gasteiger partial charge in [-0.15, -0.1) is 0 Å². The Morgan fingerprint density at radius 2 is 1.96 bits per heavy atom. The molecule has 0 amide bonds. The van der Waals surface area contributed by atoms with E-state index in [9.17, 15) is 13.6 Å². The van der Waals surface area contributed by atoms with Gasteiger partial charge in [0.25, 0.3) is 0 Å². The van der Waals surface area contributed by atoms with Gasteiger partial charge in [-0.25, -0.2) is 4.39 Å². The molecule has 5 heteroatoms. The Labute approximate surface area is 147 Å². The number of benzene rings is 1. The van der Waals surface area contributed by atoms with E-state index in [-0.39, 0.29) is 42.3 Å². The molecule has 2 saturated heterocycles. The third-order valence-electron chi connectivity index (χ3n) is 6.55. The summed E-state index contributed by atoms with van der Waals surface area (Å²) in [5, 5.41) is 0. The highest BCUT2D eigenvalue weighted by Crippen LogP contribution is 2.50. The van der Waals surface area contributed by atoms with Crippen LogP contribution in [0.4, 0.5) is 8.78 Å². The monoisotopic (exact) mass is 349 g/mol. The summed E-state index contributed by atoms with van der Waals surface area (Å²) in [5.41, 5.74) is 1.02. The molecule has 3 nitrogen and oxygen atoms in total. The number of fused-ring (bicyclic) bond motifs is 2. The Morgan fingerprint density at radius 1 is 1.20 bits per heavy atom. The first kappa shape index (κ1) is 17.0. The number of carbonyl (C=O) groups is 1. The van der Waals surface area contributed by atoms with Crippen molar-refractivity contribution in [2.45, 2.75) is 43.7 Å². The quantitative estimate of drug-likeness (QED) is 0.762. The lowest BCUT2D eigenvalue weighted by Crippen LogP contribution is -2.51. The maximum Gasteiger partial charge on any atom is 0.310 e. The number of alkyl halides is 1. The molecule has 0 unspecified atom stereocenters. The van der Waals surface area contributed by atoms with Crippen LogP contribution in [0.1, 0.15) is 37.2 Å². The standard InChI is InChI=1S/C20H25F2NO2/c1-25-20(24)19-17(12-2-4-15(22)5-3-12)9-16-6-7-18(19)23(16)11-14-8-13(14)10-21/h2-5,13-14,16-19H,6-11H2,1H3/t13-,14-,16+,17-,18-,19+/m1/s1. The van der Waals surface area contributed by atoms with Crippen LogP contribution in [0.2, 0.25) is 0 Å². The Morgan fingerprint density at radius 3 is 2.60 bits per heavy atom. The topological polar surface area (TPSA) is 29.5 Å². The molecular formula is C20H25F2NO2. The van der Waals surface area contributed by atoms with E-state index in [1.165, 1.54) is 19.2 Å². The summed E-state index contributed by atoms with van der Waals surface area (Å²) >= 11 is 0. The molecule has 2 heterocycles. The lowest BCUT2D eigenvalue weighted by Gasteiger charge is -2.44. The van der Waals surface area contributed by atoms with Gasteiger partial charge in [-0.2, -0.15) is 0 Å². The van der Waals surface area contributed by atoms with Crippen molar-refractivity contribution in [3.63, 3.8) is 0 Å². The summed E-state index contributed by atoms with van der Waals surface area (Å²) in [5.74, 6) is 0.0571. The fourth-order valence-electron chi connectivity index (χ4n) is 5.10. The second-order valence-electron chi connectivity index (χ2n) is 7.85. The fraction of sp³-hybridized carbons (Fsp3) is 0.650. The molecule has 0 aromatic heterocycles. The molecule has 1 saturated carbocycles. The summed E-state index contributed by atoms with van der Waals surface area (Å²) in [6.45, 7) is 0.667. The number of hydrogen-bond donors (Lipinski definition) is 0. The van der Waals surface area contributed by atoms with Crippen molar-refractivity contribution in [3.8, 4) is 0 Å². The minimum Gasteiger partial charge on any atom is -0.469 e. The fourth-order valence-corrected chi connectivity index (χ4v) is 5.10. The molecule has 0 radical (unpaired) electrons. The van der Waals surface area contributed by atoms with Gasteiger partial charge in [-0.3, -0.25) is 14.1 Å². The highest BCUT2D eigenvalue weighted by molar-refractivity contribution is 5.75. The van der Waals surface area contributed by atoms with Crippen LogP contribution < -0.4 is 0 Å². The zero-order chi connectivity index (χ0) is 17.6. The summed E-state index contributed by atoms with van der Waals surface area (Å²) in [6.07, 6.45) is 3.91. The molecule has 0 N–H and O–H groups in total. The van der Waals surface area contributed by atoms with Crippen LogP contribution in [0.3, 0.4) is 0 Å². The van der Waals surface area contributed by atoms with Crippen molar-refractivity contribution in [3.05, 3.63) is 35.6 Å². The molecule has 2 aliphatic heterocycles. The molecule has 3 aliphatic rings. The van der Waals surface area contributed by atoms with E-state index in [1.807, 2.05) is 0 Å². The molecule has 1 aromatic rings. The average molecular weight is 349 g/mol. The Kier molecular flexibility index (Phi) is 4.52. The second kappa shape index (κ2) is 6.67. The van der Waals surface area contributed by atoms with E-state index >= 15 is 0 Å². The number of hydrogen-bond acceptors (Lipinski definition) is 3. The molecule has 3 fully saturated rings. The number of methoxy groups -OCH3 is 1. The van der Waals surface area contributed by atoms with Crippen LogP contribution in [0, 0.1) is 23.6 Å². The van der Waals surface area contributed by atoms with Crippen LogP contribution in [0.15, 0.2) is 24.3 Å². The normalized spacial score (nSPS) is 37.1. The predicted octanol–water partition coefficient (Wildman–Crippen LogP) is 3.54. The number of esters is 1. The van der Waals surface area contributed by atoms with E-state index < -0.39 is 0 Å². The third kappa shape index (κ3) is 3.07. The van der Waals surface area contributed by atoms with E-state index in [0.29, 0.717) is 12.0 Å². The Hall–Kier alpha value is -1.49. The number of rotatable bonds is 5. The summed E-state index contributed by atoms with van der Waals surface area (Å²) in [6, 6.07) is 7.11. The minimum absolute atomic E-state index is 0.0676. The molecule has 136 valence electrons. The molecule has 25 heavy (non-hydrogen) atoms. The lowest BCUT2D eigenvalue weighted by molar-refractivity contribution is -0.150. The van der Waals surface area contributed by atoms with Crippen molar-refractivity contribution in [1.29, 1.82) is 0 Å². The van der Waals surface area contributed by atoms with Gasteiger partial charge in [0, 0.05) is 24.5 Å². The van der Waals surface area contributed by atoms with Crippen molar-refractivity contribution in [2.75, 3.05) is 20.3 Å². The van der Waals surface area contributed by atoms with E-state index in [4.69, 9.17) is 4.74 Å². The number of ether oxygens (including phenoxy) is 1. The first-order valence-corrected chi connectivity index (χ1v) is 9.27. The van der Waals surface area contributed by atoms with Gasteiger partial charge in [-0.1, -0.05) is 12.1 Å². The van der Waals surface area contributed by atoms with E-state index in [2.05, 4.69) is 4.90 Å². The smallest absolute Gasteiger partial charge is 0.310 e. The zero-order valence-electron chi connectivity index (χ0n) is 14.5. The van der Waals surface area contributed by atoms with Crippen molar-refractivity contribution in [1.82, 2.24) is 4.90 Å². The molecule has 4 rings (SSSR count). The van der Waals surface area contributed by atoms with Crippen LogP contribution in [-0.2, 0) is 9.53 Å². The van der Waals surface area contributed by atoms with Crippen molar-refractivity contribution >= 4 is 5.97 Å². The van der Waals surface area contributed by atoms with Crippen LogP contribution in [0.5, 0.6) is 0 Å². The molecular weight excluding hydrogens is 324 g/mol. The predicted molar refractivity (Wildman–Crippen MR) is 90.4 cm³/mol. The Balaban J connectivity index is 1.58. The molecule has 1 aromatic carbocycles. The number of carbonyl (C=O) groups excluding carboxylic acids is 1. The summed E-state index contributed by atoms with van der Waals surface area (Å²) < 4.78 is 31.3. The minimum atomic E-state index is -0.259. The highest BCUT2D eigenvalue weighted by Gasteiger charge is 2.52.